The van der Waals surface area contributed by atoms with Gasteiger partial charge in [-0.1, -0.05) is 0 Å². The van der Waals surface area contributed by atoms with E-state index in [9.17, 15) is 13.7 Å². The van der Waals surface area contributed by atoms with Crippen molar-refractivity contribution in [3.63, 3.8) is 0 Å². The fourth-order valence-corrected chi connectivity index (χ4v) is 3.84. The van der Waals surface area contributed by atoms with Gasteiger partial charge in [-0.2, -0.15) is 18.8 Å². The molecule has 0 saturated carbocycles. The molecule has 0 radical (unpaired) electrons. The minimum atomic E-state index is -3.90. The highest BCUT2D eigenvalue weighted by Crippen LogP contribution is 2.27. The Morgan fingerprint density at radius 2 is 2.08 bits per heavy atom. The number of hydrogen-bond acceptors (Lipinski definition) is 5. The number of nitriles is 1. The van der Waals surface area contributed by atoms with Crippen LogP contribution in [0.4, 0.5) is 5.82 Å². The second-order valence-corrected chi connectivity index (χ2v) is 9.00. The van der Waals surface area contributed by atoms with Gasteiger partial charge in [0.05, 0.1) is 5.54 Å². The molecule has 2 aromatic rings. The predicted molar refractivity (Wildman–Crippen MR) is 92.6 cm³/mol. The van der Waals surface area contributed by atoms with Crippen molar-refractivity contribution in [2.24, 2.45) is 0 Å². The molecule has 1 N–H and O–H groups in total. The highest BCUT2D eigenvalue weighted by Gasteiger charge is 2.27. The molecule has 0 fully saturated rings. The molecule has 0 aromatic carbocycles. The van der Waals surface area contributed by atoms with Crippen molar-refractivity contribution >= 4 is 15.8 Å². The van der Waals surface area contributed by atoms with E-state index in [0.717, 1.165) is 25.1 Å². The van der Waals surface area contributed by atoms with Crippen molar-refractivity contribution in [3.8, 4) is 6.07 Å². The first-order valence-corrected chi connectivity index (χ1v) is 9.71. The number of aromatic nitrogens is 4. The number of sulfonamides is 1. The zero-order valence-corrected chi connectivity index (χ0v) is 15.6. The number of imidazole rings is 1. The van der Waals surface area contributed by atoms with Gasteiger partial charge in [-0.3, -0.25) is 9.40 Å². The molecule has 9 heteroatoms. The van der Waals surface area contributed by atoms with Crippen molar-refractivity contribution in [1.29, 1.82) is 5.26 Å². The van der Waals surface area contributed by atoms with E-state index in [0.29, 0.717) is 0 Å². The fourth-order valence-electron chi connectivity index (χ4n) is 2.85. The molecular formula is C16H22N6O2S. The van der Waals surface area contributed by atoms with Gasteiger partial charge in [0.2, 0.25) is 0 Å². The molecule has 1 aliphatic rings. The van der Waals surface area contributed by atoms with Gasteiger partial charge in [0, 0.05) is 24.9 Å². The van der Waals surface area contributed by atoms with Crippen molar-refractivity contribution in [2.75, 3.05) is 4.72 Å². The monoisotopic (exact) mass is 362 g/mol. The van der Waals surface area contributed by atoms with Gasteiger partial charge in [0.15, 0.2) is 10.8 Å². The fraction of sp³-hybridized carbons (Fsp3) is 0.562. The highest BCUT2D eigenvalue weighted by atomic mass is 32.2. The average molecular weight is 362 g/mol. The van der Waals surface area contributed by atoms with Crippen molar-refractivity contribution < 1.29 is 8.42 Å². The maximum absolute atomic E-state index is 12.7. The van der Waals surface area contributed by atoms with Crippen LogP contribution in [0.15, 0.2) is 17.4 Å². The van der Waals surface area contributed by atoms with Gasteiger partial charge in [-0.25, -0.2) is 4.98 Å². The van der Waals surface area contributed by atoms with Crippen molar-refractivity contribution in [3.05, 3.63) is 23.8 Å². The number of rotatable bonds is 3. The molecule has 134 valence electrons. The molecule has 1 unspecified atom stereocenters. The minimum Gasteiger partial charge on any atom is -0.331 e. The quantitative estimate of drug-likeness (QED) is 0.902. The summed E-state index contributed by atoms with van der Waals surface area (Å²) in [5.74, 6) is 0.802. The Morgan fingerprint density at radius 1 is 1.36 bits per heavy atom. The number of nitrogens with one attached hydrogen (secondary N) is 1. The summed E-state index contributed by atoms with van der Waals surface area (Å²) in [4.78, 5) is 4.28. The van der Waals surface area contributed by atoms with E-state index in [2.05, 4.69) is 14.8 Å². The van der Waals surface area contributed by atoms with Gasteiger partial charge < -0.3 is 4.57 Å². The lowest BCUT2D eigenvalue weighted by Gasteiger charge is -2.20. The van der Waals surface area contributed by atoms with Crippen LogP contribution in [0.25, 0.3) is 0 Å². The first-order chi connectivity index (χ1) is 11.6. The van der Waals surface area contributed by atoms with Crippen LogP contribution in [-0.4, -0.2) is 27.7 Å². The topological polar surface area (TPSA) is 106 Å². The summed E-state index contributed by atoms with van der Waals surface area (Å²) in [5, 5.41) is 13.5. The maximum Gasteiger partial charge on any atom is 0.282 e. The largest absolute Gasteiger partial charge is 0.331 e. The number of fused-ring (bicyclic) bond motifs is 1. The highest BCUT2D eigenvalue weighted by molar-refractivity contribution is 7.92. The molecule has 25 heavy (non-hydrogen) atoms. The van der Waals surface area contributed by atoms with E-state index in [4.69, 9.17) is 0 Å². The standard InChI is InChI=1S/C16H22N6O2S/c1-11-6-5-7-13-18-14(10-21(11)13)25(23,24)20-15-12(8-17)9-22(19-15)16(2,3)4/h9-11H,5-7H2,1-4H3,(H,19,20). The lowest BCUT2D eigenvalue weighted by atomic mass is 10.1. The van der Waals surface area contributed by atoms with Crippen LogP contribution >= 0.6 is 0 Å². The van der Waals surface area contributed by atoms with E-state index in [1.165, 1.54) is 6.20 Å². The number of aryl methyl sites for hydroxylation is 1. The number of nitrogens with zero attached hydrogens (tertiary/aromatic N) is 5. The molecule has 3 heterocycles. The molecule has 0 saturated heterocycles. The molecule has 8 nitrogen and oxygen atoms in total. The summed E-state index contributed by atoms with van der Waals surface area (Å²) in [6, 6.07) is 2.21. The van der Waals surface area contributed by atoms with Gasteiger partial charge in [-0.05, 0) is 40.5 Å². The molecule has 0 amide bonds. The van der Waals surface area contributed by atoms with Crippen LogP contribution in [0.3, 0.4) is 0 Å². The summed E-state index contributed by atoms with van der Waals surface area (Å²) in [6.45, 7) is 7.81. The first-order valence-electron chi connectivity index (χ1n) is 8.22. The molecule has 1 aliphatic heterocycles. The van der Waals surface area contributed by atoms with Gasteiger partial charge in [-0.15, -0.1) is 0 Å². The van der Waals surface area contributed by atoms with Crippen molar-refractivity contribution in [2.45, 2.75) is 63.6 Å². The van der Waals surface area contributed by atoms with Crippen LogP contribution in [0, 0.1) is 11.3 Å². The summed E-state index contributed by atoms with van der Waals surface area (Å²) in [6.07, 6.45) is 5.87. The summed E-state index contributed by atoms with van der Waals surface area (Å²) >= 11 is 0. The maximum atomic E-state index is 12.7. The van der Waals surface area contributed by atoms with E-state index in [-0.39, 0.29) is 28.0 Å². The van der Waals surface area contributed by atoms with Crippen LogP contribution in [-0.2, 0) is 22.0 Å². The Balaban J connectivity index is 1.95. The third-order valence-corrected chi connectivity index (χ3v) is 5.52. The molecule has 3 rings (SSSR count). The molecule has 0 bridgehead atoms. The molecule has 2 aromatic heterocycles. The summed E-state index contributed by atoms with van der Waals surface area (Å²) in [7, 11) is -3.90. The Morgan fingerprint density at radius 3 is 2.68 bits per heavy atom. The number of hydrogen-bond donors (Lipinski definition) is 1. The van der Waals surface area contributed by atoms with E-state index >= 15 is 0 Å². The Bertz CT molecular complexity index is 942. The minimum absolute atomic E-state index is 0.0245. The Labute approximate surface area is 147 Å². The van der Waals surface area contributed by atoms with Crippen LogP contribution in [0.1, 0.15) is 58.0 Å². The zero-order valence-electron chi connectivity index (χ0n) is 14.8. The van der Waals surface area contributed by atoms with Crippen LogP contribution in [0.2, 0.25) is 0 Å². The van der Waals surface area contributed by atoms with Crippen LogP contribution in [0.5, 0.6) is 0 Å². The van der Waals surface area contributed by atoms with Gasteiger partial charge in [0.25, 0.3) is 10.0 Å². The van der Waals surface area contributed by atoms with E-state index in [1.54, 1.807) is 10.9 Å². The Kier molecular flexibility index (Phi) is 4.11. The third kappa shape index (κ3) is 3.26. The molecular weight excluding hydrogens is 340 g/mol. The van der Waals surface area contributed by atoms with Crippen LogP contribution < -0.4 is 4.72 Å². The molecule has 0 aliphatic carbocycles. The second-order valence-electron chi connectivity index (χ2n) is 7.37. The number of anilines is 1. The van der Waals surface area contributed by atoms with E-state index in [1.807, 2.05) is 38.3 Å². The first kappa shape index (κ1) is 17.5. The molecule has 1 atom stereocenters. The molecule has 0 spiro atoms. The average Bonchev–Trinajstić information content (AvgIpc) is 3.11. The normalized spacial score (nSPS) is 17.8. The zero-order chi connectivity index (χ0) is 18.4. The SMILES string of the molecule is CC1CCCc2nc(S(=O)(=O)Nc3nn(C(C)(C)C)cc3C#N)cn21. The summed E-state index contributed by atoms with van der Waals surface area (Å²) in [5.41, 5.74) is -0.186. The second kappa shape index (κ2) is 5.88. The Hall–Kier alpha value is -2.34. The predicted octanol–water partition coefficient (Wildman–Crippen LogP) is 2.40. The third-order valence-electron chi connectivity index (χ3n) is 4.31. The smallest absolute Gasteiger partial charge is 0.282 e. The van der Waals surface area contributed by atoms with E-state index < -0.39 is 10.0 Å². The van der Waals surface area contributed by atoms with Crippen molar-refractivity contribution in [1.82, 2.24) is 19.3 Å². The summed E-state index contributed by atoms with van der Waals surface area (Å²) < 4.78 is 31.3. The van der Waals surface area contributed by atoms with Gasteiger partial charge in [0.1, 0.15) is 17.5 Å². The lowest BCUT2D eigenvalue weighted by molar-refractivity contribution is 0.356. The van der Waals surface area contributed by atoms with Gasteiger partial charge >= 0.3 is 0 Å². The lowest BCUT2D eigenvalue weighted by Crippen LogP contribution is -2.22.